The highest BCUT2D eigenvalue weighted by molar-refractivity contribution is 6.29. The van der Waals surface area contributed by atoms with Crippen LogP contribution in [0.1, 0.15) is 0 Å². The number of rotatable bonds is 7. The number of hydrogen-bond donors (Lipinski definition) is 0. The van der Waals surface area contributed by atoms with Crippen LogP contribution in [-0.4, -0.2) is 14.5 Å². The maximum Gasteiger partial charge on any atom is 0.235 e. The molecule has 5 heteroatoms. The zero-order chi connectivity index (χ0) is 42.8. The third kappa shape index (κ3) is 6.01. The average molecular weight is 831 g/mol. The molecule has 0 N–H and O–H groups in total. The number of aromatic nitrogens is 3. The second-order valence-corrected chi connectivity index (χ2v) is 16.5. The molecule has 0 bridgehead atoms. The van der Waals surface area contributed by atoms with E-state index >= 15 is 0 Å². The molecule has 0 aliphatic rings. The molecule has 0 spiro atoms. The average Bonchev–Trinajstić information content (AvgIpc) is 3.93. The normalized spacial score (nSPS) is 11.7. The molecule has 0 amide bonds. The smallest absolute Gasteiger partial charge is 0.235 e. The summed E-state index contributed by atoms with van der Waals surface area (Å²) in [7, 11) is 0. The van der Waals surface area contributed by atoms with E-state index in [1.165, 1.54) is 22.3 Å². The van der Waals surface area contributed by atoms with Gasteiger partial charge in [-0.2, -0.15) is 0 Å². The van der Waals surface area contributed by atoms with Gasteiger partial charge in [0.1, 0.15) is 11.2 Å². The summed E-state index contributed by atoms with van der Waals surface area (Å²) in [4.78, 5) is 12.9. The third-order valence-electron chi connectivity index (χ3n) is 12.8. The van der Waals surface area contributed by atoms with Gasteiger partial charge in [-0.3, -0.25) is 4.57 Å². The van der Waals surface area contributed by atoms with Crippen molar-refractivity contribution in [3.8, 4) is 39.5 Å². The second-order valence-electron chi connectivity index (χ2n) is 16.5. The summed E-state index contributed by atoms with van der Waals surface area (Å²) in [5, 5.41) is 7.52. The van der Waals surface area contributed by atoms with Crippen molar-refractivity contribution in [3.05, 3.63) is 231 Å². The van der Waals surface area contributed by atoms with Crippen LogP contribution in [0.2, 0.25) is 0 Å². The van der Waals surface area contributed by atoms with Crippen molar-refractivity contribution in [2.75, 3.05) is 4.90 Å². The van der Waals surface area contributed by atoms with Gasteiger partial charge in [0.15, 0.2) is 0 Å². The zero-order valence-corrected chi connectivity index (χ0v) is 35.1. The largest absolute Gasteiger partial charge is 0.455 e. The van der Waals surface area contributed by atoms with Crippen LogP contribution in [0, 0.1) is 0 Å². The Hall–Kier alpha value is -8.80. The van der Waals surface area contributed by atoms with Crippen LogP contribution in [0.4, 0.5) is 17.1 Å². The van der Waals surface area contributed by atoms with Crippen molar-refractivity contribution in [2.45, 2.75) is 0 Å². The lowest BCUT2D eigenvalue weighted by molar-refractivity contribution is 0.673. The Kier molecular flexibility index (Phi) is 8.46. The highest BCUT2D eigenvalue weighted by Gasteiger charge is 2.24. The molecule has 304 valence electrons. The maximum absolute atomic E-state index is 7.23. The molecule has 0 aliphatic heterocycles. The minimum absolute atomic E-state index is 0.615. The minimum atomic E-state index is 0.615. The van der Waals surface area contributed by atoms with Gasteiger partial charge < -0.3 is 9.32 Å². The van der Waals surface area contributed by atoms with Gasteiger partial charge in [0.05, 0.1) is 33.3 Å². The Morgan fingerprint density at radius 2 is 0.892 bits per heavy atom. The number of furan rings is 1. The summed E-state index contributed by atoms with van der Waals surface area (Å²) in [5.74, 6) is 0.615. The summed E-state index contributed by atoms with van der Waals surface area (Å²) in [5.41, 5.74) is 14.3. The highest BCUT2D eigenvalue weighted by Crippen LogP contribution is 2.47. The van der Waals surface area contributed by atoms with E-state index in [1.54, 1.807) is 0 Å². The van der Waals surface area contributed by atoms with Crippen molar-refractivity contribution < 1.29 is 4.42 Å². The maximum atomic E-state index is 7.23. The number of benzene rings is 10. The molecule has 65 heavy (non-hydrogen) atoms. The van der Waals surface area contributed by atoms with Crippen molar-refractivity contribution >= 4 is 82.5 Å². The van der Waals surface area contributed by atoms with Gasteiger partial charge in [-0.25, -0.2) is 9.97 Å². The summed E-state index contributed by atoms with van der Waals surface area (Å²) >= 11 is 0. The van der Waals surface area contributed by atoms with Crippen molar-refractivity contribution in [1.82, 2.24) is 14.5 Å². The fourth-order valence-corrected chi connectivity index (χ4v) is 9.81. The predicted octanol–water partition coefficient (Wildman–Crippen LogP) is 16.3. The van der Waals surface area contributed by atoms with Gasteiger partial charge in [0.2, 0.25) is 5.95 Å². The summed E-state index contributed by atoms with van der Waals surface area (Å²) < 4.78 is 9.42. The molecule has 3 heterocycles. The van der Waals surface area contributed by atoms with Crippen LogP contribution < -0.4 is 4.90 Å². The molecule has 3 aromatic heterocycles. The topological polar surface area (TPSA) is 47.1 Å². The second kappa shape index (κ2) is 14.9. The monoisotopic (exact) mass is 830 g/mol. The number of anilines is 3. The SMILES string of the molecule is c1ccc(-c2ccc(N(c3ccc(-c4ccccc4)cc3)c3cc4oc5c(ccc6c5c5ccccc5n6-c5nc(-c6ccccc6)c6ccccc6n5)c4c4ccccc34)cc2)cc1. The fourth-order valence-electron chi connectivity index (χ4n) is 9.81. The standard InChI is InChI=1S/C60H38N4O/c1-4-16-39(17-5-1)41-28-32-44(33-29-41)63(45-34-30-42(31-35-45)40-18-6-2-7-19-40)54-38-55-56(47-23-11-10-22-46(47)54)50-36-37-53-57(59(50)65-55)49-25-13-15-27-52(49)64(53)60-61-51-26-14-12-24-48(51)58(62-60)43-20-8-3-9-21-43/h1-38H. The van der Waals surface area contributed by atoms with E-state index in [0.29, 0.717) is 5.95 Å². The van der Waals surface area contributed by atoms with E-state index in [1.807, 2.05) is 18.2 Å². The van der Waals surface area contributed by atoms with Gasteiger partial charge in [-0.1, -0.05) is 176 Å². The molecule has 0 saturated carbocycles. The molecule has 0 aliphatic carbocycles. The Balaban J connectivity index is 1.04. The van der Waals surface area contributed by atoms with Gasteiger partial charge in [-0.05, 0) is 76.2 Å². The van der Waals surface area contributed by atoms with E-state index in [0.717, 1.165) is 93.7 Å². The molecule has 10 aromatic carbocycles. The number of fused-ring (bicyclic) bond motifs is 10. The van der Waals surface area contributed by atoms with Crippen LogP contribution in [0.3, 0.4) is 0 Å². The van der Waals surface area contributed by atoms with Crippen LogP contribution in [0.15, 0.2) is 235 Å². The van der Waals surface area contributed by atoms with E-state index < -0.39 is 0 Å². The number of nitrogens with zero attached hydrogens (tertiary/aromatic N) is 4. The molecular formula is C60H38N4O. The van der Waals surface area contributed by atoms with E-state index in [9.17, 15) is 0 Å². The first-order valence-electron chi connectivity index (χ1n) is 22.0. The lowest BCUT2D eigenvalue weighted by Gasteiger charge is -2.27. The van der Waals surface area contributed by atoms with Crippen molar-refractivity contribution in [3.63, 3.8) is 0 Å². The van der Waals surface area contributed by atoms with Crippen LogP contribution in [0.5, 0.6) is 0 Å². The third-order valence-corrected chi connectivity index (χ3v) is 12.8. The number of hydrogen-bond acceptors (Lipinski definition) is 4. The Bertz CT molecular complexity index is 3830. The van der Waals surface area contributed by atoms with E-state index in [4.69, 9.17) is 14.4 Å². The molecule has 5 nitrogen and oxygen atoms in total. The van der Waals surface area contributed by atoms with Crippen molar-refractivity contribution in [1.29, 1.82) is 0 Å². The van der Waals surface area contributed by atoms with Gasteiger partial charge in [0, 0.05) is 49.9 Å². The molecule has 13 rings (SSSR count). The first-order chi connectivity index (χ1) is 32.2. The summed E-state index contributed by atoms with van der Waals surface area (Å²) in [6.45, 7) is 0. The van der Waals surface area contributed by atoms with Gasteiger partial charge in [-0.15, -0.1) is 0 Å². The van der Waals surface area contributed by atoms with E-state index in [2.05, 4.69) is 222 Å². The Labute approximate surface area is 374 Å². The lowest BCUT2D eigenvalue weighted by atomic mass is 9.99. The van der Waals surface area contributed by atoms with Crippen molar-refractivity contribution in [2.24, 2.45) is 0 Å². The summed E-state index contributed by atoms with van der Waals surface area (Å²) in [6.07, 6.45) is 0. The first-order valence-corrected chi connectivity index (χ1v) is 22.0. The zero-order valence-electron chi connectivity index (χ0n) is 35.1. The minimum Gasteiger partial charge on any atom is -0.455 e. The quantitative estimate of drug-likeness (QED) is 0.161. The molecule has 0 unspecified atom stereocenters. The van der Waals surface area contributed by atoms with Gasteiger partial charge in [0.25, 0.3) is 0 Å². The fraction of sp³-hybridized carbons (Fsp3) is 0. The molecule has 0 atom stereocenters. The Morgan fingerprint density at radius 1 is 0.369 bits per heavy atom. The molecule has 0 fully saturated rings. The highest BCUT2D eigenvalue weighted by atomic mass is 16.3. The molecule has 0 radical (unpaired) electrons. The van der Waals surface area contributed by atoms with Crippen LogP contribution in [0.25, 0.3) is 105 Å². The van der Waals surface area contributed by atoms with Crippen LogP contribution >= 0.6 is 0 Å². The lowest BCUT2D eigenvalue weighted by Crippen LogP contribution is -2.10. The van der Waals surface area contributed by atoms with Gasteiger partial charge >= 0.3 is 0 Å². The Morgan fingerprint density at radius 3 is 1.54 bits per heavy atom. The molecular weight excluding hydrogens is 793 g/mol. The van der Waals surface area contributed by atoms with E-state index in [-0.39, 0.29) is 0 Å². The summed E-state index contributed by atoms with van der Waals surface area (Å²) in [6, 6.07) is 81.4. The van der Waals surface area contributed by atoms with Crippen LogP contribution in [-0.2, 0) is 0 Å². The number of para-hydroxylation sites is 2. The predicted molar refractivity (Wildman–Crippen MR) is 270 cm³/mol. The molecule has 0 saturated heterocycles. The molecule has 13 aromatic rings. The first kappa shape index (κ1) is 36.8.